The summed E-state index contributed by atoms with van der Waals surface area (Å²) in [5.74, 6) is 1.20. The van der Waals surface area contributed by atoms with Crippen molar-refractivity contribution in [3.63, 3.8) is 0 Å². The summed E-state index contributed by atoms with van der Waals surface area (Å²) in [6.07, 6.45) is 9.12. The normalized spacial score (nSPS) is 11.7. The lowest BCUT2D eigenvalue weighted by molar-refractivity contribution is 0.327. The number of nitrogens with one attached hydrogen (secondary N) is 3. The van der Waals surface area contributed by atoms with E-state index in [1.165, 1.54) is 0 Å². The van der Waals surface area contributed by atoms with Crippen LogP contribution < -0.4 is 15.6 Å². The van der Waals surface area contributed by atoms with Gasteiger partial charge >= 0.3 is 0 Å². The van der Waals surface area contributed by atoms with E-state index in [1.807, 2.05) is 54.1 Å². The fraction of sp³-hybridized carbons (Fsp3) is 0.148. The van der Waals surface area contributed by atoms with E-state index in [0.717, 1.165) is 39.2 Å². The number of fused-ring (bicyclic) bond motifs is 1. The van der Waals surface area contributed by atoms with E-state index in [0.29, 0.717) is 23.5 Å². The molecule has 9 heteroatoms. The van der Waals surface area contributed by atoms with Crippen LogP contribution >= 0.6 is 0 Å². The first-order valence-corrected chi connectivity index (χ1v) is 11.5. The van der Waals surface area contributed by atoms with Crippen molar-refractivity contribution in [3.8, 4) is 22.8 Å². The largest absolute Gasteiger partial charge is 0.496 e. The number of aromatic nitrogens is 5. The van der Waals surface area contributed by atoms with Crippen molar-refractivity contribution in [1.29, 1.82) is 0 Å². The van der Waals surface area contributed by atoms with Gasteiger partial charge in [-0.05, 0) is 47.9 Å². The van der Waals surface area contributed by atoms with Gasteiger partial charge in [0.1, 0.15) is 17.1 Å². The van der Waals surface area contributed by atoms with E-state index in [-0.39, 0.29) is 12.2 Å². The van der Waals surface area contributed by atoms with Gasteiger partial charge in [0.25, 0.3) is 5.56 Å². The van der Waals surface area contributed by atoms with Crippen LogP contribution in [0.4, 0.5) is 5.69 Å². The van der Waals surface area contributed by atoms with Crippen LogP contribution in [0.15, 0.2) is 84.0 Å². The molecule has 0 saturated heterocycles. The molecule has 0 bridgehead atoms. The van der Waals surface area contributed by atoms with Crippen LogP contribution in [0, 0.1) is 6.92 Å². The first-order valence-electron chi connectivity index (χ1n) is 11.5. The van der Waals surface area contributed by atoms with Crippen LogP contribution in [0.5, 0.6) is 5.75 Å². The summed E-state index contributed by atoms with van der Waals surface area (Å²) in [6.45, 7) is 1.83. The third kappa shape index (κ3) is 4.51. The standard InChI is InChI=1S/C27H26N6O3/c1-17-11-20(33-10-9-28-16-33)13-22-25(17)32-26(31-22)24-21(7-8-29-27(24)35)30-14-18(15-34)12-19-5-3-4-6-23(19)36-2/h3-11,13-14,16,34H,12,15H2,1-2H3,(H,31,32)(H2,29,30,35). The lowest BCUT2D eigenvalue weighted by Crippen LogP contribution is -2.12. The molecule has 0 fully saturated rings. The Balaban J connectivity index is 1.50. The molecule has 2 aromatic carbocycles. The topological polar surface area (TPSA) is 121 Å². The molecule has 0 aliphatic carbocycles. The van der Waals surface area contributed by atoms with Crippen molar-refractivity contribution in [1.82, 2.24) is 24.5 Å². The number of rotatable bonds is 8. The average Bonchev–Trinajstić information content (AvgIpc) is 3.57. The highest BCUT2D eigenvalue weighted by atomic mass is 16.5. The number of hydrogen-bond donors (Lipinski definition) is 4. The molecule has 9 nitrogen and oxygen atoms in total. The molecule has 0 radical (unpaired) electrons. The van der Waals surface area contributed by atoms with E-state index in [2.05, 4.69) is 20.3 Å². The molecule has 5 aromatic rings. The number of ether oxygens (including phenoxy) is 1. The Labute approximate surface area is 207 Å². The second-order valence-corrected chi connectivity index (χ2v) is 8.40. The zero-order valence-electron chi connectivity index (χ0n) is 19.9. The highest BCUT2D eigenvalue weighted by molar-refractivity contribution is 5.86. The van der Waals surface area contributed by atoms with Gasteiger partial charge in [-0.1, -0.05) is 18.2 Å². The molecule has 0 spiro atoms. The lowest BCUT2D eigenvalue weighted by Gasteiger charge is -2.11. The van der Waals surface area contributed by atoms with Crippen LogP contribution in [0.1, 0.15) is 11.1 Å². The summed E-state index contributed by atoms with van der Waals surface area (Å²) >= 11 is 0. The van der Waals surface area contributed by atoms with E-state index in [1.54, 1.807) is 38.1 Å². The van der Waals surface area contributed by atoms with Gasteiger partial charge in [0.05, 0.1) is 36.8 Å². The smallest absolute Gasteiger partial charge is 0.261 e. The number of para-hydroxylation sites is 1. The van der Waals surface area contributed by atoms with E-state index in [9.17, 15) is 9.90 Å². The second kappa shape index (κ2) is 9.93. The average molecular weight is 483 g/mol. The highest BCUT2D eigenvalue weighted by Gasteiger charge is 2.16. The Hall–Kier alpha value is -4.63. The fourth-order valence-electron chi connectivity index (χ4n) is 4.21. The number of methoxy groups -OCH3 is 1. The molecule has 3 aromatic heterocycles. The van der Waals surface area contributed by atoms with E-state index >= 15 is 0 Å². The SMILES string of the molecule is COc1ccccc1CC(=CNc1cc[nH]c(=O)c1-c1nc2c(C)cc(-n3ccnc3)cc2[nH]1)CO. The predicted molar refractivity (Wildman–Crippen MR) is 139 cm³/mol. The van der Waals surface area contributed by atoms with Crippen molar-refractivity contribution in [2.75, 3.05) is 19.0 Å². The number of H-pyrrole nitrogens is 2. The lowest BCUT2D eigenvalue weighted by atomic mass is 10.1. The molecule has 36 heavy (non-hydrogen) atoms. The number of anilines is 1. The van der Waals surface area contributed by atoms with Crippen LogP contribution in [0.3, 0.4) is 0 Å². The maximum absolute atomic E-state index is 12.9. The number of pyridine rings is 1. The Kier molecular flexibility index (Phi) is 6.38. The number of nitrogens with zero attached hydrogens (tertiary/aromatic N) is 3. The number of imidazole rings is 2. The summed E-state index contributed by atoms with van der Waals surface area (Å²) in [4.78, 5) is 27.8. The van der Waals surface area contributed by atoms with Crippen LogP contribution in [-0.2, 0) is 6.42 Å². The molecule has 0 aliphatic heterocycles. The predicted octanol–water partition coefficient (Wildman–Crippen LogP) is 3.95. The van der Waals surface area contributed by atoms with E-state index in [4.69, 9.17) is 9.72 Å². The van der Waals surface area contributed by atoms with Crippen LogP contribution in [0.25, 0.3) is 28.1 Å². The summed E-state index contributed by atoms with van der Waals surface area (Å²) in [5, 5.41) is 13.2. The molecule has 0 saturated carbocycles. The van der Waals surface area contributed by atoms with Gasteiger partial charge in [0, 0.05) is 36.9 Å². The molecule has 0 amide bonds. The Bertz CT molecular complexity index is 1600. The zero-order chi connectivity index (χ0) is 25.1. The number of aromatic amines is 2. The Morgan fingerprint density at radius 3 is 2.89 bits per heavy atom. The van der Waals surface area contributed by atoms with Gasteiger partial charge in [0.2, 0.25) is 0 Å². The van der Waals surface area contributed by atoms with Crippen molar-refractivity contribution in [2.45, 2.75) is 13.3 Å². The summed E-state index contributed by atoms with van der Waals surface area (Å²) < 4.78 is 7.34. The molecule has 182 valence electrons. The van der Waals surface area contributed by atoms with Crippen molar-refractivity contribution in [3.05, 3.63) is 101 Å². The summed E-state index contributed by atoms with van der Waals surface area (Å²) in [5.41, 5.74) is 5.86. The highest BCUT2D eigenvalue weighted by Crippen LogP contribution is 2.28. The Morgan fingerprint density at radius 2 is 2.11 bits per heavy atom. The van der Waals surface area contributed by atoms with Gasteiger partial charge in [-0.25, -0.2) is 9.97 Å². The molecular weight excluding hydrogens is 456 g/mol. The first-order chi connectivity index (χ1) is 17.6. The third-order valence-corrected chi connectivity index (χ3v) is 6.01. The minimum absolute atomic E-state index is 0.148. The van der Waals surface area contributed by atoms with Gasteiger partial charge in [-0.15, -0.1) is 0 Å². The molecular formula is C27H26N6O3. The molecule has 5 rings (SSSR count). The quantitative estimate of drug-likeness (QED) is 0.266. The number of benzene rings is 2. The van der Waals surface area contributed by atoms with Gasteiger partial charge in [-0.3, -0.25) is 4.79 Å². The summed E-state index contributed by atoms with van der Waals surface area (Å²) in [7, 11) is 1.62. The maximum atomic E-state index is 12.9. The summed E-state index contributed by atoms with van der Waals surface area (Å²) in [6, 6.07) is 13.4. The Morgan fingerprint density at radius 1 is 1.25 bits per heavy atom. The van der Waals surface area contributed by atoms with Crippen molar-refractivity contribution >= 4 is 16.7 Å². The maximum Gasteiger partial charge on any atom is 0.261 e. The third-order valence-electron chi connectivity index (χ3n) is 6.01. The molecule has 3 heterocycles. The monoisotopic (exact) mass is 482 g/mol. The van der Waals surface area contributed by atoms with Gasteiger partial charge in [0.15, 0.2) is 0 Å². The number of aryl methyl sites for hydroxylation is 1. The second-order valence-electron chi connectivity index (χ2n) is 8.40. The fourth-order valence-corrected chi connectivity index (χ4v) is 4.21. The molecule has 4 N–H and O–H groups in total. The minimum Gasteiger partial charge on any atom is -0.496 e. The number of aliphatic hydroxyl groups excluding tert-OH is 1. The van der Waals surface area contributed by atoms with E-state index < -0.39 is 0 Å². The number of hydrogen-bond acceptors (Lipinski definition) is 6. The first kappa shape index (κ1) is 23.1. The molecule has 0 atom stereocenters. The molecule has 0 aliphatic rings. The van der Waals surface area contributed by atoms with Gasteiger partial charge in [-0.2, -0.15) is 0 Å². The van der Waals surface area contributed by atoms with Crippen LogP contribution in [-0.4, -0.2) is 43.3 Å². The molecule has 0 unspecified atom stereocenters. The zero-order valence-corrected chi connectivity index (χ0v) is 19.9. The van der Waals surface area contributed by atoms with Crippen molar-refractivity contribution < 1.29 is 9.84 Å². The van der Waals surface area contributed by atoms with Gasteiger partial charge < -0.3 is 29.7 Å². The number of aliphatic hydroxyl groups is 1. The minimum atomic E-state index is -0.282. The van der Waals surface area contributed by atoms with Crippen LogP contribution in [0.2, 0.25) is 0 Å². The van der Waals surface area contributed by atoms with Crippen molar-refractivity contribution in [2.24, 2.45) is 0 Å².